The number of amides is 1. The second kappa shape index (κ2) is 7.86. The predicted molar refractivity (Wildman–Crippen MR) is 98.9 cm³/mol. The van der Waals surface area contributed by atoms with Crippen molar-refractivity contribution in [1.82, 2.24) is 14.9 Å². The number of thiophene rings is 1. The van der Waals surface area contributed by atoms with Crippen LogP contribution < -0.4 is 14.8 Å². The van der Waals surface area contributed by atoms with E-state index >= 15 is 0 Å². The Hall–Kier alpha value is -2.76. The van der Waals surface area contributed by atoms with E-state index in [0.29, 0.717) is 11.6 Å². The Morgan fingerprint density at radius 2 is 2.15 bits per heavy atom. The summed E-state index contributed by atoms with van der Waals surface area (Å²) < 4.78 is 37.6. The minimum absolute atomic E-state index is 0.0370. The maximum atomic E-state index is 12.5. The number of rotatable bonds is 7. The molecule has 0 aliphatic heterocycles. The zero-order chi connectivity index (χ0) is 19.4. The zero-order valence-electron chi connectivity index (χ0n) is 14.4. The predicted octanol–water partition coefficient (Wildman–Crippen LogP) is 2.24. The summed E-state index contributed by atoms with van der Waals surface area (Å²) in [5, 5.41) is 8.24. The molecular formula is C16H16N4O5S2. The van der Waals surface area contributed by atoms with Gasteiger partial charge in [-0.05, 0) is 29.6 Å². The normalized spacial score (nSPS) is 11.3. The second-order valence-corrected chi connectivity index (χ2v) is 8.07. The molecule has 0 aliphatic carbocycles. The number of methoxy groups -OCH3 is 1. The van der Waals surface area contributed by atoms with Crippen LogP contribution in [-0.2, 0) is 21.4 Å². The van der Waals surface area contributed by atoms with Crippen LogP contribution in [0.15, 0.2) is 45.1 Å². The number of sulfonamides is 1. The van der Waals surface area contributed by atoms with Crippen molar-refractivity contribution in [2.24, 2.45) is 0 Å². The number of carbonyl (C=O) groups excluding carboxylic acids is 1. The standard InChI is InChI=1S/C16H16N4O5S2/c1-10(21)18-12-8-11(5-6-13(12)24-2)27(22,23)17-9-15-19-16(20-25-15)14-4-3-7-26-14/h3-8,17H,9H2,1-2H3,(H,18,21). The van der Waals surface area contributed by atoms with Crippen molar-refractivity contribution in [3.05, 3.63) is 41.6 Å². The summed E-state index contributed by atoms with van der Waals surface area (Å²) in [6.45, 7) is 1.15. The number of carbonyl (C=O) groups is 1. The number of benzene rings is 1. The molecule has 0 spiro atoms. The van der Waals surface area contributed by atoms with Crippen molar-refractivity contribution in [2.75, 3.05) is 12.4 Å². The van der Waals surface area contributed by atoms with Gasteiger partial charge >= 0.3 is 0 Å². The van der Waals surface area contributed by atoms with E-state index in [1.807, 2.05) is 17.5 Å². The summed E-state index contributed by atoms with van der Waals surface area (Å²) >= 11 is 1.45. The smallest absolute Gasteiger partial charge is 0.242 e. The van der Waals surface area contributed by atoms with E-state index in [0.717, 1.165) is 4.88 Å². The highest BCUT2D eigenvalue weighted by molar-refractivity contribution is 7.89. The van der Waals surface area contributed by atoms with Crippen LogP contribution in [0.2, 0.25) is 0 Å². The zero-order valence-corrected chi connectivity index (χ0v) is 16.1. The van der Waals surface area contributed by atoms with Gasteiger partial charge < -0.3 is 14.6 Å². The Morgan fingerprint density at radius 3 is 2.81 bits per heavy atom. The van der Waals surface area contributed by atoms with Gasteiger partial charge in [0.2, 0.25) is 27.6 Å². The molecule has 3 rings (SSSR count). The molecule has 0 fully saturated rings. The van der Waals surface area contributed by atoms with Crippen molar-refractivity contribution in [3.63, 3.8) is 0 Å². The quantitative estimate of drug-likeness (QED) is 0.614. The Balaban J connectivity index is 1.76. The van der Waals surface area contributed by atoms with Crippen LogP contribution >= 0.6 is 11.3 Å². The molecule has 0 radical (unpaired) electrons. The first-order valence-corrected chi connectivity index (χ1v) is 10.1. The Kier molecular flexibility index (Phi) is 5.54. The summed E-state index contributed by atoms with van der Waals surface area (Å²) in [7, 11) is -2.44. The van der Waals surface area contributed by atoms with Crippen LogP contribution in [0.4, 0.5) is 5.69 Å². The van der Waals surface area contributed by atoms with Gasteiger partial charge in [-0.3, -0.25) is 4.79 Å². The van der Waals surface area contributed by atoms with Gasteiger partial charge in [0, 0.05) is 6.92 Å². The molecule has 2 heterocycles. The van der Waals surface area contributed by atoms with Crippen molar-refractivity contribution in [3.8, 4) is 16.5 Å². The SMILES string of the molecule is COc1ccc(S(=O)(=O)NCc2nc(-c3cccs3)no2)cc1NC(C)=O. The molecule has 0 bridgehead atoms. The van der Waals surface area contributed by atoms with Gasteiger partial charge in [-0.2, -0.15) is 4.98 Å². The van der Waals surface area contributed by atoms with Gasteiger partial charge in [0.15, 0.2) is 0 Å². The lowest BCUT2D eigenvalue weighted by atomic mass is 10.3. The third-order valence-electron chi connectivity index (χ3n) is 3.42. The minimum atomic E-state index is -3.87. The Bertz CT molecular complexity index is 1040. The lowest BCUT2D eigenvalue weighted by Gasteiger charge is -2.11. The van der Waals surface area contributed by atoms with Gasteiger partial charge in [-0.15, -0.1) is 11.3 Å². The molecule has 2 aromatic heterocycles. The highest BCUT2D eigenvalue weighted by Crippen LogP contribution is 2.27. The molecule has 0 atom stereocenters. The number of aromatic nitrogens is 2. The molecule has 11 heteroatoms. The molecule has 0 aliphatic rings. The molecule has 0 saturated carbocycles. The molecule has 9 nitrogen and oxygen atoms in total. The molecule has 0 saturated heterocycles. The lowest BCUT2D eigenvalue weighted by molar-refractivity contribution is -0.114. The molecule has 3 aromatic rings. The number of anilines is 1. The Labute approximate surface area is 159 Å². The molecule has 142 valence electrons. The van der Waals surface area contributed by atoms with Crippen molar-refractivity contribution in [2.45, 2.75) is 18.4 Å². The molecule has 1 aromatic carbocycles. The van der Waals surface area contributed by atoms with Crippen molar-refractivity contribution < 1.29 is 22.5 Å². The number of hydrogen-bond donors (Lipinski definition) is 2. The van der Waals surface area contributed by atoms with Gasteiger partial charge in [0.1, 0.15) is 5.75 Å². The van der Waals surface area contributed by atoms with Crippen LogP contribution in [0.25, 0.3) is 10.7 Å². The van der Waals surface area contributed by atoms with Crippen molar-refractivity contribution >= 4 is 33.0 Å². The third-order valence-corrected chi connectivity index (χ3v) is 5.68. The first-order valence-electron chi connectivity index (χ1n) is 7.71. The fourth-order valence-electron chi connectivity index (χ4n) is 2.21. The number of hydrogen-bond acceptors (Lipinski definition) is 8. The maximum Gasteiger partial charge on any atom is 0.242 e. The molecule has 0 unspecified atom stereocenters. The maximum absolute atomic E-state index is 12.5. The van der Waals surface area contributed by atoms with E-state index in [1.54, 1.807) is 0 Å². The second-order valence-electron chi connectivity index (χ2n) is 5.36. The van der Waals surface area contributed by atoms with Gasteiger partial charge in [-0.25, -0.2) is 13.1 Å². The number of nitrogens with one attached hydrogen (secondary N) is 2. The highest BCUT2D eigenvalue weighted by atomic mass is 32.2. The first-order chi connectivity index (χ1) is 12.9. The summed E-state index contributed by atoms with van der Waals surface area (Å²) in [5.41, 5.74) is 0.255. The van der Waals surface area contributed by atoms with E-state index < -0.39 is 10.0 Å². The first kappa shape index (κ1) is 19.0. The minimum Gasteiger partial charge on any atom is -0.495 e. The topological polar surface area (TPSA) is 123 Å². The number of ether oxygens (including phenoxy) is 1. The van der Waals surface area contributed by atoms with Gasteiger partial charge in [0.25, 0.3) is 0 Å². The summed E-state index contributed by atoms with van der Waals surface area (Å²) in [4.78, 5) is 16.2. The van der Waals surface area contributed by atoms with Crippen LogP contribution in [0, 0.1) is 0 Å². The van der Waals surface area contributed by atoms with E-state index in [-0.39, 0.29) is 28.9 Å². The highest BCUT2D eigenvalue weighted by Gasteiger charge is 2.19. The third kappa shape index (κ3) is 4.51. The fraction of sp³-hybridized carbons (Fsp3) is 0.188. The molecule has 27 heavy (non-hydrogen) atoms. The average molecular weight is 408 g/mol. The van der Waals surface area contributed by atoms with Crippen molar-refractivity contribution in [1.29, 1.82) is 0 Å². The largest absolute Gasteiger partial charge is 0.495 e. The monoisotopic (exact) mass is 408 g/mol. The van der Waals surface area contributed by atoms with Crippen LogP contribution in [0.5, 0.6) is 5.75 Å². The van der Waals surface area contributed by atoms with Gasteiger partial charge in [0.05, 0.1) is 29.1 Å². The van der Waals surface area contributed by atoms with E-state index in [9.17, 15) is 13.2 Å². The van der Waals surface area contributed by atoms with E-state index in [2.05, 4.69) is 20.2 Å². The molecule has 1 amide bonds. The Morgan fingerprint density at radius 1 is 1.33 bits per heavy atom. The van der Waals surface area contributed by atoms with Crippen LogP contribution in [-0.4, -0.2) is 31.6 Å². The molecular weight excluding hydrogens is 392 g/mol. The number of nitrogens with zero attached hydrogens (tertiary/aromatic N) is 2. The van der Waals surface area contributed by atoms with Crippen LogP contribution in [0.3, 0.4) is 0 Å². The fourth-order valence-corrected chi connectivity index (χ4v) is 3.86. The average Bonchev–Trinajstić information content (AvgIpc) is 3.31. The van der Waals surface area contributed by atoms with Gasteiger partial charge in [-0.1, -0.05) is 11.2 Å². The van der Waals surface area contributed by atoms with Crippen LogP contribution in [0.1, 0.15) is 12.8 Å². The lowest BCUT2D eigenvalue weighted by Crippen LogP contribution is -2.23. The molecule has 2 N–H and O–H groups in total. The summed E-state index contributed by atoms with van der Waals surface area (Å²) in [5.74, 6) is 0.540. The summed E-state index contributed by atoms with van der Waals surface area (Å²) in [6.07, 6.45) is 0. The van der Waals surface area contributed by atoms with E-state index in [4.69, 9.17) is 9.26 Å². The summed E-state index contributed by atoms with van der Waals surface area (Å²) in [6, 6.07) is 7.84. The van der Waals surface area contributed by atoms with E-state index in [1.165, 1.54) is 43.6 Å².